The maximum Gasteiger partial charge on any atom is 0.312 e. The van der Waals surface area contributed by atoms with Gasteiger partial charge >= 0.3 is 5.97 Å². The average Bonchev–Trinajstić information content (AvgIpc) is 2.50. The summed E-state index contributed by atoms with van der Waals surface area (Å²) >= 11 is 0. The van der Waals surface area contributed by atoms with E-state index in [2.05, 4.69) is 5.32 Å². The fraction of sp³-hybridized carbons (Fsp3) is 0.222. The lowest BCUT2D eigenvalue weighted by atomic mass is 10.1. The number of aryl methyl sites for hydroxylation is 2. The minimum Gasteiger partial charge on any atom is -0.426 e. The van der Waals surface area contributed by atoms with Gasteiger partial charge in [0.05, 0.1) is 12.0 Å². The van der Waals surface area contributed by atoms with E-state index >= 15 is 0 Å². The van der Waals surface area contributed by atoms with Crippen molar-refractivity contribution in [2.45, 2.75) is 20.3 Å². The highest BCUT2D eigenvalue weighted by molar-refractivity contribution is 5.94. The van der Waals surface area contributed by atoms with Crippen molar-refractivity contribution in [1.29, 1.82) is 0 Å². The monoisotopic (exact) mass is 333 g/mol. The van der Waals surface area contributed by atoms with Gasteiger partial charge in [-0.2, -0.15) is 0 Å². The van der Waals surface area contributed by atoms with Crippen LogP contribution < -0.4 is 10.1 Å². The molecule has 126 valence electrons. The van der Waals surface area contributed by atoms with Gasteiger partial charge in [-0.15, -0.1) is 0 Å². The van der Waals surface area contributed by atoms with Gasteiger partial charge < -0.3 is 10.1 Å². The van der Waals surface area contributed by atoms with E-state index in [0.29, 0.717) is 11.8 Å². The smallest absolute Gasteiger partial charge is 0.312 e. The molecule has 24 heavy (non-hydrogen) atoms. The Morgan fingerprint density at radius 3 is 2.54 bits per heavy atom. The Kier molecular flexibility index (Phi) is 5.63. The molecule has 0 spiro atoms. The first-order valence-electron chi connectivity index (χ1n) is 7.38. The lowest BCUT2D eigenvalue weighted by Crippen LogP contribution is -2.28. The van der Waals surface area contributed by atoms with Crippen LogP contribution in [0.3, 0.4) is 0 Å². The van der Waals surface area contributed by atoms with Gasteiger partial charge in [-0.05, 0) is 43.2 Å². The summed E-state index contributed by atoms with van der Waals surface area (Å²) in [5.74, 6) is -2.47. The van der Waals surface area contributed by atoms with E-state index in [-0.39, 0.29) is 18.5 Å². The lowest BCUT2D eigenvalue weighted by Gasteiger charge is -2.09. The van der Waals surface area contributed by atoms with Gasteiger partial charge in [0, 0.05) is 12.6 Å². The number of carbonyl (C=O) groups is 2. The normalized spacial score (nSPS) is 10.3. The first-order valence-corrected chi connectivity index (χ1v) is 7.38. The van der Waals surface area contributed by atoms with Crippen LogP contribution in [-0.2, 0) is 4.79 Å². The maximum absolute atomic E-state index is 13.5. The quantitative estimate of drug-likeness (QED) is 0.675. The van der Waals surface area contributed by atoms with Crippen LogP contribution in [0.2, 0.25) is 0 Å². The number of nitrogens with one attached hydrogen (secondary N) is 1. The molecule has 0 unspecified atom stereocenters. The minimum absolute atomic E-state index is 0.0145. The van der Waals surface area contributed by atoms with E-state index in [1.54, 1.807) is 6.07 Å². The molecule has 2 aromatic carbocycles. The van der Waals surface area contributed by atoms with Crippen molar-refractivity contribution >= 4 is 11.9 Å². The molecule has 0 radical (unpaired) electrons. The summed E-state index contributed by atoms with van der Waals surface area (Å²) in [7, 11) is 0. The second-order valence-electron chi connectivity index (χ2n) is 5.37. The van der Waals surface area contributed by atoms with Gasteiger partial charge in [-0.1, -0.05) is 12.1 Å². The summed E-state index contributed by atoms with van der Waals surface area (Å²) in [6.07, 6.45) is -0.0675. The molecular formula is C18H17F2NO3. The van der Waals surface area contributed by atoms with Crippen LogP contribution >= 0.6 is 0 Å². The molecular weight excluding hydrogens is 316 g/mol. The van der Waals surface area contributed by atoms with Crippen molar-refractivity contribution in [2.24, 2.45) is 0 Å². The molecule has 0 fully saturated rings. The summed E-state index contributed by atoms with van der Waals surface area (Å²) in [6.45, 7) is 3.69. The highest BCUT2D eigenvalue weighted by atomic mass is 19.1. The first kappa shape index (κ1) is 17.6. The standard InChI is InChI=1S/C18H17F2NO3/c1-11-3-4-12(2)16(9-11)24-17(22)7-8-21-18(23)14-6-5-13(19)10-15(14)20/h3-6,9-10H,7-8H2,1-2H3,(H,21,23). The number of hydrogen-bond acceptors (Lipinski definition) is 3. The van der Waals surface area contributed by atoms with Crippen molar-refractivity contribution in [3.8, 4) is 5.75 Å². The molecule has 1 N–H and O–H groups in total. The van der Waals surface area contributed by atoms with Crippen LogP contribution in [-0.4, -0.2) is 18.4 Å². The molecule has 6 heteroatoms. The molecule has 0 aromatic heterocycles. The number of amides is 1. The fourth-order valence-corrected chi connectivity index (χ4v) is 2.04. The number of benzene rings is 2. The van der Waals surface area contributed by atoms with E-state index < -0.39 is 23.5 Å². The summed E-state index contributed by atoms with van der Waals surface area (Å²) in [4.78, 5) is 23.6. The zero-order chi connectivity index (χ0) is 17.7. The predicted octanol–water partition coefficient (Wildman–Crippen LogP) is 3.31. The van der Waals surface area contributed by atoms with E-state index in [1.165, 1.54) is 0 Å². The minimum atomic E-state index is -0.953. The highest BCUT2D eigenvalue weighted by Gasteiger charge is 2.13. The summed E-state index contributed by atoms with van der Waals surface area (Å²) < 4.78 is 31.5. The average molecular weight is 333 g/mol. The molecule has 0 saturated carbocycles. The van der Waals surface area contributed by atoms with Gasteiger partial charge in [-0.25, -0.2) is 8.78 Å². The molecule has 4 nitrogen and oxygen atoms in total. The highest BCUT2D eigenvalue weighted by Crippen LogP contribution is 2.19. The second kappa shape index (κ2) is 7.68. The number of ether oxygens (including phenoxy) is 1. The van der Waals surface area contributed by atoms with Gasteiger partial charge in [0.2, 0.25) is 0 Å². The fourth-order valence-electron chi connectivity index (χ4n) is 2.04. The Balaban J connectivity index is 1.86. The molecule has 1 amide bonds. The topological polar surface area (TPSA) is 55.4 Å². The molecule has 2 aromatic rings. The zero-order valence-electron chi connectivity index (χ0n) is 13.4. The largest absolute Gasteiger partial charge is 0.426 e. The molecule has 0 bridgehead atoms. The number of halogens is 2. The lowest BCUT2D eigenvalue weighted by molar-refractivity contribution is -0.134. The Morgan fingerprint density at radius 1 is 1.08 bits per heavy atom. The molecule has 0 aliphatic carbocycles. The van der Waals surface area contributed by atoms with Gasteiger partial charge in [-0.3, -0.25) is 9.59 Å². The molecule has 2 rings (SSSR count). The number of esters is 1. The first-order chi connectivity index (χ1) is 11.4. The third kappa shape index (κ3) is 4.62. The van der Waals surface area contributed by atoms with E-state index in [1.807, 2.05) is 26.0 Å². The molecule has 0 aliphatic rings. The Hall–Kier alpha value is -2.76. The van der Waals surface area contributed by atoms with Gasteiger partial charge in [0.1, 0.15) is 17.4 Å². The van der Waals surface area contributed by atoms with Crippen LogP contribution in [0.1, 0.15) is 27.9 Å². The Bertz CT molecular complexity index is 775. The van der Waals surface area contributed by atoms with Crippen molar-refractivity contribution in [1.82, 2.24) is 5.32 Å². The predicted molar refractivity (Wildman–Crippen MR) is 84.9 cm³/mol. The third-order valence-corrected chi connectivity index (χ3v) is 3.36. The van der Waals surface area contributed by atoms with E-state index in [9.17, 15) is 18.4 Å². The number of carbonyl (C=O) groups excluding carboxylic acids is 2. The van der Waals surface area contributed by atoms with Gasteiger partial charge in [0.15, 0.2) is 0 Å². The summed E-state index contributed by atoms with van der Waals surface area (Å²) in [5.41, 5.74) is 1.51. The second-order valence-corrected chi connectivity index (χ2v) is 5.37. The van der Waals surface area contributed by atoms with Crippen molar-refractivity contribution in [2.75, 3.05) is 6.54 Å². The van der Waals surface area contributed by atoms with Crippen molar-refractivity contribution in [3.63, 3.8) is 0 Å². The summed E-state index contributed by atoms with van der Waals surface area (Å²) in [6, 6.07) is 8.17. The van der Waals surface area contributed by atoms with Crippen LogP contribution in [0.15, 0.2) is 36.4 Å². The number of rotatable bonds is 5. The zero-order valence-corrected chi connectivity index (χ0v) is 13.4. The maximum atomic E-state index is 13.5. The van der Waals surface area contributed by atoms with Crippen molar-refractivity contribution < 1.29 is 23.1 Å². The van der Waals surface area contributed by atoms with Gasteiger partial charge in [0.25, 0.3) is 5.91 Å². The summed E-state index contributed by atoms with van der Waals surface area (Å²) in [5, 5.41) is 2.40. The number of hydrogen-bond donors (Lipinski definition) is 1. The molecule has 0 atom stereocenters. The van der Waals surface area contributed by atoms with E-state index in [4.69, 9.17) is 4.74 Å². The van der Waals surface area contributed by atoms with Crippen LogP contribution in [0.4, 0.5) is 8.78 Å². The van der Waals surface area contributed by atoms with Crippen LogP contribution in [0, 0.1) is 25.5 Å². The molecule has 0 aliphatic heterocycles. The molecule has 0 heterocycles. The Labute approximate surface area is 138 Å². The Morgan fingerprint density at radius 2 is 1.83 bits per heavy atom. The van der Waals surface area contributed by atoms with Crippen LogP contribution in [0.25, 0.3) is 0 Å². The van der Waals surface area contributed by atoms with Crippen molar-refractivity contribution in [3.05, 3.63) is 64.7 Å². The third-order valence-electron chi connectivity index (χ3n) is 3.36. The van der Waals surface area contributed by atoms with Crippen LogP contribution in [0.5, 0.6) is 5.75 Å². The van der Waals surface area contributed by atoms with E-state index in [0.717, 1.165) is 23.3 Å². The molecule has 0 saturated heterocycles. The SMILES string of the molecule is Cc1ccc(C)c(OC(=O)CCNC(=O)c2ccc(F)cc2F)c1.